The van der Waals surface area contributed by atoms with Gasteiger partial charge in [0.1, 0.15) is 6.04 Å². The lowest BCUT2D eigenvalue weighted by molar-refractivity contribution is -0.139. The van der Waals surface area contributed by atoms with Crippen LogP contribution in [-0.2, 0) is 14.3 Å². The molecule has 11 heteroatoms. The van der Waals surface area contributed by atoms with Crippen molar-refractivity contribution in [2.45, 2.75) is 32.0 Å². The van der Waals surface area contributed by atoms with Gasteiger partial charge in [-0.2, -0.15) is 0 Å². The van der Waals surface area contributed by atoms with E-state index < -0.39 is 6.04 Å². The van der Waals surface area contributed by atoms with E-state index in [1.165, 1.54) is 15.9 Å². The Morgan fingerprint density at radius 2 is 2.25 bits per heavy atom. The SMILES string of the molecule is CCOC(=O)CSc1nnc(N)n1C(C)C(=O)Nc1nc(C)cs1. The number of rotatable bonds is 7. The molecule has 0 saturated carbocycles. The fraction of sp³-hybridized carbons (Fsp3) is 0.462. The Hall–Kier alpha value is -2.14. The topological polar surface area (TPSA) is 125 Å². The highest BCUT2D eigenvalue weighted by Gasteiger charge is 2.23. The van der Waals surface area contributed by atoms with Crippen LogP contribution in [0.5, 0.6) is 0 Å². The van der Waals surface area contributed by atoms with E-state index in [1.807, 2.05) is 12.3 Å². The van der Waals surface area contributed by atoms with Gasteiger partial charge in [-0.25, -0.2) is 4.98 Å². The van der Waals surface area contributed by atoms with Crippen molar-refractivity contribution in [3.63, 3.8) is 0 Å². The molecule has 0 aromatic carbocycles. The van der Waals surface area contributed by atoms with Crippen molar-refractivity contribution in [3.05, 3.63) is 11.1 Å². The maximum Gasteiger partial charge on any atom is 0.316 e. The van der Waals surface area contributed by atoms with Crippen molar-refractivity contribution < 1.29 is 14.3 Å². The van der Waals surface area contributed by atoms with E-state index in [0.717, 1.165) is 17.5 Å². The molecule has 0 aliphatic carbocycles. The lowest BCUT2D eigenvalue weighted by Gasteiger charge is -2.15. The number of carbonyl (C=O) groups is 2. The molecule has 2 aromatic heterocycles. The van der Waals surface area contributed by atoms with E-state index in [1.54, 1.807) is 13.8 Å². The van der Waals surface area contributed by atoms with Crippen LogP contribution < -0.4 is 11.1 Å². The molecule has 0 saturated heterocycles. The molecule has 1 amide bonds. The molecule has 0 aliphatic rings. The van der Waals surface area contributed by atoms with Crippen LogP contribution in [0.4, 0.5) is 11.1 Å². The van der Waals surface area contributed by atoms with Crippen LogP contribution in [0, 0.1) is 6.92 Å². The summed E-state index contributed by atoms with van der Waals surface area (Å²) in [4.78, 5) is 28.0. The van der Waals surface area contributed by atoms with E-state index in [9.17, 15) is 9.59 Å². The van der Waals surface area contributed by atoms with E-state index >= 15 is 0 Å². The van der Waals surface area contributed by atoms with Gasteiger partial charge in [0.2, 0.25) is 11.9 Å². The summed E-state index contributed by atoms with van der Waals surface area (Å²) in [6.45, 7) is 5.55. The summed E-state index contributed by atoms with van der Waals surface area (Å²) in [5.74, 6) is -0.509. The number of nitrogens with zero attached hydrogens (tertiary/aromatic N) is 4. The number of hydrogen-bond acceptors (Lipinski definition) is 9. The lowest BCUT2D eigenvalue weighted by atomic mass is 10.3. The first-order valence-corrected chi connectivity index (χ1v) is 9.00. The van der Waals surface area contributed by atoms with Gasteiger partial charge in [0.15, 0.2) is 10.3 Å². The third kappa shape index (κ3) is 4.45. The van der Waals surface area contributed by atoms with E-state index in [-0.39, 0.29) is 23.6 Å². The molecule has 3 N–H and O–H groups in total. The van der Waals surface area contributed by atoms with E-state index in [0.29, 0.717) is 16.9 Å². The standard InChI is InChI=1S/C13H18N6O3S2/c1-4-22-9(20)6-24-13-18-17-11(14)19(13)8(3)10(21)16-12-15-7(2)5-23-12/h5,8H,4,6H2,1-3H3,(H2,14,17)(H,15,16,21). The highest BCUT2D eigenvalue weighted by atomic mass is 32.2. The third-order valence-electron chi connectivity index (χ3n) is 2.93. The fourth-order valence-electron chi connectivity index (χ4n) is 1.82. The first-order valence-electron chi connectivity index (χ1n) is 7.14. The van der Waals surface area contributed by atoms with Crippen LogP contribution in [0.25, 0.3) is 0 Å². The molecule has 9 nitrogen and oxygen atoms in total. The molecule has 2 aromatic rings. The summed E-state index contributed by atoms with van der Waals surface area (Å²) < 4.78 is 6.34. The Kier molecular flexibility index (Phi) is 6.15. The second-order valence-corrected chi connectivity index (χ2v) is 6.56. The minimum absolute atomic E-state index is 0.0615. The third-order valence-corrected chi connectivity index (χ3v) is 4.72. The van der Waals surface area contributed by atoms with Gasteiger partial charge in [-0.3, -0.25) is 14.2 Å². The molecule has 130 valence electrons. The van der Waals surface area contributed by atoms with E-state index in [2.05, 4.69) is 20.5 Å². The lowest BCUT2D eigenvalue weighted by Crippen LogP contribution is -2.25. The van der Waals surface area contributed by atoms with Gasteiger partial charge in [-0.1, -0.05) is 11.8 Å². The van der Waals surface area contributed by atoms with Crippen LogP contribution in [0.3, 0.4) is 0 Å². The molecule has 0 aliphatic heterocycles. The maximum absolute atomic E-state index is 12.4. The van der Waals surface area contributed by atoms with E-state index in [4.69, 9.17) is 10.5 Å². The van der Waals surface area contributed by atoms with Gasteiger partial charge in [0.05, 0.1) is 18.1 Å². The van der Waals surface area contributed by atoms with Crippen molar-refractivity contribution in [3.8, 4) is 0 Å². The summed E-state index contributed by atoms with van der Waals surface area (Å²) in [7, 11) is 0. The van der Waals surface area contributed by atoms with Gasteiger partial charge in [0, 0.05) is 5.38 Å². The predicted octanol–water partition coefficient (Wildman–Crippen LogP) is 1.48. The number of ether oxygens (including phenoxy) is 1. The number of nitrogens with one attached hydrogen (secondary N) is 1. The number of aromatic nitrogens is 4. The van der Waals surface area contributed by atoms with Crippen LogP contribution >= 0.6 is 23.1 Å². The second-order valence-electron chi connectivity index (χ2n) is 4.76. The number of amides is 1. The first kappa shape index (κ1) is 18.2. The number of anilines is 2. The second kappa shape index (κ2) is 8.11. The van der Waals surface area contributed by atoms with Crippen LogP contribution in [0.2, 0.25) is 0 Å². The zero-order valence-corrected chi connectivity index (χ0v) is 15.1. The van der Waals surface area contributed by atoms with Crippen molar-refractivity contribution in [1.82, 2.24) is 19.7 Å². The number of hydrogen-bond donors (Lipinski definition) is 2. The van der Waals surface area contributed by atoms with Gasteiger partial charge in [0.25, 0.3) is 0 Å². The number of nitrogen functional groups attached to an aromatic ring is 1. The summed E-state index contributed by atoms with van der Waals surface area (Å²) in [5.41, 5.74) is 6.64. The molecule has 0 spiro atoms. The first-order chi connectivity index (χ1) is 11.4. The summed E-state index contributed by atoms with van der Waals surface area (Å²) >= 11 is 2.45. The maximum atomic E-state index is 12.4. The molecule has 24 heavy (non-hydrogen) atoms. The molecular weight excluding hydrogens is 352 g/mol. The van der Waals surface area contributed by atoms with Gasteiger partial charge >= 0.3 is 5.97 Å². The minimum Gasteiger partial charge on any atom is -0.465 e. The van der Waals surface area contributed by atoms with Crippen molar-refractivity contribution in [2.24, 2.45) is 0 Å². The number of thioether (sulfide) groups is 1. The highest BCUT2D eigenvalue weighted by Crippen LogP contribution is 2.24. The number of nitrogens with two attached hydrogens (primary N) is 1. The van der Waals surface area contributed by atoms with Crippen molar-refractivity contribution in [2.75, 3.05) is 23.4 Å². The average Bonchev–Trinajstić information content (AvgIpc) is 3.10. The average molecular weight is 370 g/mol. The summed E-state index contributed by atoms with van der Waals surface area (Å²) in [5, 5.41) is 13.1. The number of esters is 1. The fourth-order valence-corrected chi connectivity index (χ4v) is 3.33. The molecule has 2 rings (SSSR count). The molecule has 2 heterocycles. The molecule has 1 atom stereocenters. The normalized spacial score (nSPS) is 12.0. The Morgan fingerprint density at radius 3 is 2.88 bits per heavy atom. The summed E-state index contributed by atoms with van der Waals surface area (Å²) in [6.07, 6.45) is 0. The Balaban J connectivity index is 2.07. The molecule has 0 fully saturated rings. The summed E-state index contributed by atoms with van der Waals surface area (Å²) in [6, 6.07) is -0.658. The smallest absolute Gasteiger partial charge is 0.316 e. The van der Waals surface area contributed by atoms with Crippen LogP contribution in [-0.4, -0.2) is 44.0 Å². The van der Waals surface area contributed by atoms with Crippen LogP contribution in [0.15, 0.2) is 10.5 Å². The number of carbonyl (C=O) groups excluding carboxylic acids is 2. The van der Waals surface area contributed by atoms with Gasteiger partial charge in [-0.15, -0.1) is 21.5 Å². The molecule has 0 radical (unpaired) electrons. The minimum atomic E-state index is -0.658. The Bertz CT molecular complexity index is 729. The van der Waals surface area contributed by atoms with Crippen molar-refractivity contribution >= 4 is 46.1 Å². The monoisotopic (exact) mass is 370 g/mol. The molecule has 1 unspecified atom stereocenters. The zero-order chi connectivity index (χ0) is 17.7. The molecular formula is C13H18N6O3S2. The molecule has 0 bridgehead atoms. The quantitative estimate of drug-likeness (QED) is 0.554. The predicted molar refractivity (Wildman–Crippen MR) is 92.0 cm³/mol. The van der Waals surface area contributed by atoms with Gasteiger partial charge < -0.3 is 15.8 Å². The Morgan fingerprint density at radius 1 is 1.50 bits per heavy atom. The van der Waals surface area contributed by atoms with Crippen LogP contribution in [0.1, 0.15) is 25.6 Å². The highest BCUT2D eigenvalue weighted by molar-refractivity contribution is 7.99. The van der Waals surface area contributed by atoms with Crippen molar-refractivity contribution in [1.29, 1.82) is 0 Å². The zero-order valence-electron chi connectivity index (χ0n) is 13.5. The number of thiazole rings is 1. The number of aryl methyl sites for hydroxylation is 1. The largest absolute Gasteiger partial charge is 0.465 e. The van der Waals surface area contributed by atoms with Gasteiger partial charge in [-0.05, 0) is 20.8 Å². The Labute approximate surface area is 147 Å².